The van der Waals surface area contributed by atoms with Gasteiger partial charge in [-0.05, 0) is 37.7 Å². The Morgan fingerprint density at radius 2 is 2.10 bits per heavy atom. The highest BCUT2D eigenvalue weighted by Gasteiger charge is 2.47. The van der Waals surface area contributed by atoms with Gasteiger partial charge in [-0.3, -0.25) is 9.59 Å². The predicted octanol–water partition coefficient (Wildman–Crippen LogP) is 2.25. The zero-order chi connectivity index (χ0) is 15.1. The third-order valence-corrected chi connectivity index (χ3v) is 5.45. The van der Waals surface area contributed by atoms with Gasteiger partial charge in [0, 0.05) is 18.0 Å². The second-order valence-corrected chi connectivity index (χ2v) is 7.17. The molecule has 21 heavy (non-hydrogen) atoms. The van der Waals surface area contributed by atoms with Crippen molar-refractivity contribution in [2.45, 2.75) is 19.8 Å². The van der Waals surface area contributed by atoms with E-state index in [4.69, 9.17) is 4.74 Å². The highest BCUT2D eigenvalue weighted by Crippen LogP contribution is 2.44. The summed E-state index contributed by atoms with van der Waals surface area (Å²) >= 11 is 1.41. The molecule has 1 saturated heterocycles. The first-order chi connectivity index (χ1) is 10.0. The van der Waals surface area contributed by atoms with Crippen molar-refractivity contribution in [3.05, 3.63) is 15.8 Å². The van der Waals surface area contributed by atoms with Gasteiger partial charge < -0.3 is 14.7 Å². The summed E-state index contributed by atoms with van der Waals surface area (Å²) in [6.07, 6.45) is 2.19. The van der Waals surface area contributed by atoms with E-state index in [2.05, 4.69) is 0 Å². The van der Waals surface area contributed by atoms with Crippen LogP contribution < -0.4 is 4.74 Å². The average molecular weight is 309 g/mol. The molecule has 0 unspecified atom stereocenters. The van der Waals surface area contributed by atoms with Gasteiger partial charge in [-0.1, -0.05) is 0 Å². The van der Waals surface area contributed by atoms with E-state index < -0.39 is 11.9 Å². The zero-order valence-electron chi connectivity index (χ0n) is 12.2. The van der Waals surface area contributed by atoms with Gasteiger partial charge in [0.05, 0.1) is 13.0 Å². The molecule has 1 aromatic heterocycles. The maximum atomic E-state index is 12.7. The van der Waals surface area contributed by atoms with Gasteiger partial charge in [-0.15, -0.1) is 11.3 Å². The quantitative estimate of drug-likeness (QED) is 0.926. The molecule has 1 amide bonds. The molecule has 3 rings (SSSR count). The Morgan fingerprint density at radius 3 is 2.67 bits per heavy atom. The SMILES string of the molecule is COc1cc(C)sc1C(=O)N1C[C@H](C(=O)O)[C@@H](C2CC2)C1. The van der Waals surface area contributed by atoms with Crippen LogP contribution in [0.5, 0.6) is 5.75 Å². The van der Waals surface area contributed by atoms with Crippen LogP contribution in [0.4, 0.5) is 0 Å². The molecule has 0 bridgehead atoms. The van der Waals surface area contributed by atoms with Gasteiger partial charge in [0.1, 0.15) is 10.6 Å². The summed E-state index contributed by atoms with van der Waals surface area (Å²) in [7, 11) is 1.55. The molecular weight excluding hydrogens is 290 g/mol. The molecule has 114 valence electrons. The van der Waals surface area contributed by atoms with Crippen LogP contribution in [0.25, 0.3) is 0 Å². The number of likely N-dealkylation sites (tertiary alicyclic amines) is 1. The monoisotopic (exact) mass is 309 g/mol. The standard InChI is InChI=1S/C15H19NO4S/c1-8-5-12(20-2)13(21-8)14(17)16-6-10(9-3-4-9)11(7-16)15(18)19/h5,9-11H,3-4,6-7H2,1-2H3,(H,18,19)/t10-,11+/m1/s1. The van der Waals surface area contributed by atoms with Crippen molar-refractivity contribution >= 4 is 23.2 Å². The Balaban J connectivity index is 1.80. The van der Waals surface area contributed by atoms with Crippen LogP contribution in [-0.4, -0.2) is 42.1 Å². The number of carboxylic acid groups (broad SMARTS) is 1. The molecule has 5 nitrogen and oxygen atoms in total. The molecular formula is C15H19NO4S. The number of rotatable bonds is 4. The predicted molar refractivity (Wildman–Crippen MR) is 78.9 cm³/mol. The molecule has 2 heterocycles. The number of carbonyl (C=O) groups excluding carboxylic acids is 1. The number of nitrogens with zero attached hydrogens (tertiary/aromatic N) is 1. The van der Waals surface area contributed by atoms with Crippen molar-refractivity contribution < 1.29 is 19.4 Å². The second kappa shape index (κ2) is 5.33. The summed E-state index contributed by atoms with van der Waals surface area (Å²) in [5, 5.41) is 9.38. The number of carboxylic acids is 1. The zero-order valence-corrected chi connectivity index (χ0v) is 13.0. The number of carbonyl (C=O) groups is 2. The number of hydrogen-bond acceptors (Lipinski definition) is 4. The second-order valence-electron chi connectivity index (χ2n) is 5.91. The van der Waals surface area contributed by atoms with E-state index in [0.29, 0.717) is 29.6 Å². The van der Waals surface area contributed by atoms with E-state index >= 15 is 0 Å². The first-order valence-corrected chi connectivity index (χ1v) is 7.99. The fraction of sp³-hybridized carbons (Fsp3) is 0.600. The fourth-order valence-corrected chi connectivity index (χ4v) is 4.14. The normalized spacial score (nSPS) is 25.1. The smallest absolute Gasteiger partial charge is 0.308 e. The number of methoxy groups -OCH3 is 1. The van der Waals surface area contributed by atoms with Crippen LogP contribution in [-0.2, 0) is 4.79 Å². The van der Waals surface area contributed by atoms with Crippen LogP contribution in [0.15, 0.2) is 6.07 Å². The Bertz CT molecular complexity index is 578. The lowest BCUT2D eigenvalue weighted by Crippen LogP contribution is -2.29. The van der Waals surface area contributed by atoms with Gasteiger partial charge in [0.15, 0.2) is 0 Å². The lowest BCUT2D eigenvalue weighted by atomic mass is 9.92. The molecule has 1 aliphatic heterocycles. The molecule has 1 aliphatic carbocycles. The third-order valence-electron chi connectivity index (χ3n) is 4.43. The molecule has 1 aromatic rings. The van der Waals surface area contributed by atoms with E-state index in [9.17, 15) is 14.7 Å². The van der Waals surface area contributed by atoms with Crippen LogP contribution >= 0.6 is 11.3 Å². The number of thiophene rings is 1. The van der Waals surface area contributed by atoms with Gasteiger partial charge in [-0.25, -0.2) is 0 Å². The maximum Gasteiger partial charge on any atom is 0.308 e. The third kappa shape index (κ3) is 2.64. The fourth-order valence-electron chi connectivity index (χ4n) is 3.19. The summed E-state index contributed by atoms with van der Waals surface area (Å²) < 4.78 is 5.25. The summed E-state index contributed by atoms with van der Waals surface area (Å²) in [4.78, 5) is 27.4. The molecule has 2 aliphatic rings. The molecule has 2 fully saturated rings. The first kappa shape index (κ1) is 14.4. The van der Waals surface area contributed by atoms with Gasteiger partial charge >= 0.3 is 5.97 Å². The average Bonchev–Trinajstić information content (AvgIpc) is 3.07. The summed E-state index contributed by atoms with van der Waals surface area (Å²) in [5.41, 5.74) is 0. The van der Waals surface area contributed by atoms with Crippen molar-refractivity contribution in [3.8, 4) is 5.75 Å². The van der Waals surface area contributed by atoms with Crippen molar-refractivity contribution in [1.29, 1.82) is 0 Å². The topological polar surface area (TPSA) is 66.8 Å². The summed E-state index contributed by atoms with van der Waals surface area (Å²) in [5.74, 6) is -0.122. The van der Waals surface area contributed by atoms with E-state index in [1.807, 2.05) is 13.0 Å². The van der Waals surface area contributed by atoms with E-state index in [-0.39, 0.29) is 11.8 Å². The largest absolute Gasteiger partial charge is 0.495 e. The number of hydrogen-bond donors (Lipinski definition) is 1. The molecule has 0 spiro atoms. The lowest BCUT2D eigenvalue weighted by molar-refractivity contribution is -0.142. The van der Waals surface area contributed by atoms with Crippen LogP contribution in [0.2, 0.25) is 0 Å². The minimum atomic E-state index is -0.781. The highest BCUT2D eigenvalue weighted by atomic mass is 32.1. The Morgan fingerprint density at radius 1 is 1.38 bits per heavy atom. The molecule has 0 aromatic carbocycles. The highest BCUT2D eigenvalue weighted by molar-refractivity contribution is 7.14. The number of aryl methyl sites for hydroxylation is 1. The summed E-state index contributed by atoms with van der Waals surface area (Å²) in [6.45, 7) is 2.80. The van der Waals surface area contributed by atoms with Crippen LogP contribution in [0, 0.1) is 24.7 Å². The molecule has 6 heteroatoms. The van der Waals surface area contributed by atoms with E-state index in [1.54, 1.807) is 12.0 Å². The maximum absolute atomic E-state index is 12.7. The van der Waals surface area contributed by atoms with Crippen LogP contribution in [0.3, 0.4) is 0 Å². The van der Waals surface area contributed by atoms with Crippen molar-refractivity contribution in [3.63, 3.8) is 0 Å². The van der Waals surface area contributed by atoms with Gasteiger partial charge in [0.2, 0.25) is 0 Å². The Kier molecular flexibility index (Phi) is 3.65. The minimum absolute atomic E-state index is 0.0978. The van der Waals surface area contributed by atoms with E-state index in [0.717, 1.165) is 17.7 Å². The lowest BCUT2D eigenvalue weighted by Gasteiger charge is -2.16. The molecule has 2 atom stereocenters. The van der Waals surface area contributed by atoms with Gasteiger partial charge in [-0.2, -0.15) is 0 Å². The van der Waals surface area contributed by atoms with Crippen molar-refractivity contribution in [2.24, 2.45) is 17.8 Å². The number of amides is 1. The van der Waals surface area contributed by atoms with Crippen molar-refractivity contribution in [1.82, 2.24) is 4.90 Å². The summed E-state index contributed by atoms with van der Waals surface area (Å²) in [6, 6.07) is 1.85. The molecule has 0 radical (unpaired) electrons. The molecule has 1 N–H and O–H groups in total. The Hall–Kier alpha value is -1.56. The van der Waals surface area contributed by atoms with Crippen molar-refractivity contribution in [2.75, 3.05) is 20.2 Å². The Labute approximate surface area is 127 Å². The van der Waals surface area contributed by atoms with Crippen LogP contribution in [0.1, 0.15) is 27.4 Å². The first-order valence-electron chi connectivity index (χ1n) is 7.17. The minimum Gasteiger partial charge on any atom is -0.495 e. The number of aliphatic carboxylic acids is 1. The van der Waals surface area contributed by atoms with Gasteiger partial charge in [0.25, 0.3) is 5.91 Å². The van der Waals surface area contributed by atoms with E-state index in [1.165, 1.54) is 11.3 Å². The molecule has 1 saturated carbocycles. The number of ether oxygens (including phenoxy) is 1.